The van der Waals surface area contributed by atoms with Crippen LogP contribution in [0.2, 0.25) is 0 Å². The number of hydrogen-bond acceptors (Lipinski definition) is 5. The number of imidazole rings is 1. The zero-order valence-electron chi connectivity index (χ0n) is 11.3. The summed E-state index contributed by atoms with van der Waals surface area (Å²) in [5.74, 6) is -0.357. The molecule has 2 heterocycles. The third-order valence-corrected chi connectivity index (χ3v) is 3.65. The molecule has 0 bridgehead atoms. The number of aryl methyl sites for hydroxylation is 2. The number of hydrogen-bond donors (Lipinski definition) is 0. The Labute approximate surface area is 116 Å². The molecule has 0 saturated carbocycles. The zero-order chi connectivity index (χ0) is 13.8. The van der Waals surface area contributed by atoms with Crippen LogP contribution in [0.4, 0.5) is 0 Å². The van der Waals surface area contributed by atoms with E-state index >= 15 is 0 Å². The van der Waals surface area contributed by atoms with Crippen molar-refractivity contribution in [1.82, 2.24) is 14.5 Å². The van der Waals surface area contributed by atoms with E-state index in [4.69, 9.17) is 4.74 Å². The number of esters is 1. The molecule has 0 atom stereocenters. The molecule has 0 saturated heterocycles. The molecule has 2 aromatic heterocycles. The molecule has 0 aromatic carbocycles. The first kappa shape index (κ1) is 13.7. The molecule has 6 heteroatoms. The fraction of sp³-hybridized carbons (Fsp3) is 0.462. The topological polar surface area (TPSA) is 57.0 Å². The van der Waals surface area contributed by atoms with E-state index in [1.54, 1.807) is 19.4 Å². The first-order chi connectivity index (χ1) is 9.17. The van der Waals surface area contributed by atoms with Gasteiger partial charge in [-0.15, -0.1) is 11.3 Å². The predicted octanol–water partition coefficient (Wildman–Crippen LogP) is 2.90. The molecule has 0 amide bonds. The van der Waals surface area contributed by atoms with Gasteiger partial charge in [-0.05, 0) is 20.3 Å². The highest BCUT2D eigenvalue weighted by Gasteiger charge is 2.18. The van der Waals surface area contributed by atoms with Crippen LogP contribution in [0.5, 0.6) is 0 Å². The Morgan fingerprint density at radius 3 is 2.95 bits per heavy atom. The summed E-state index contributed by atoms with van der Waals surface area (Å²) in [4.78, 5) is 21.2. The number of aromatic nitrogens is 3. The molecule has 0 fully saturated rings. The van der Waals surface area contributed by atoms with Crippen molar-refractivity contribution in [3.63, 3.8) is 0 Å². The second kappa shape index (κ2) is 5.97. The lowest BCUT2D eigenvalue weighted by Gasteiger charge is -2.02. The second-order valence-electron chi connectivity index (χ2n) is 4.12. The number of carbonyl (C=O) groups excluding carboxylic acids is 1. The van der Waals surface area contributed by atoms with Crippen molar-refractivity contribution >= 4 is 17.3 Å². The molecule has 19 heavy (non-hydrogen) atoms. The van der Waals surface area contributed by atoms with E-state index < -0.39 is 0 Å². The highest BCUT2D eigenvalue weighted by Crippen LogP contribution is 2.28. The smallest absolute Gasteiger partial charge is 0.358 e. The molecular formula is C13H17N3O2S. The van der Waals surface area contributed by atoms with Gasteiger partial charge < -0.3 is 9.30 Å². The third kappa shape index (κ3) is 2.84. The van der Waals surface area contributed by atoms with Crippen LogP contribution >= 0.6 is 11.3 Å². The van der Waals surface area contributed by atoms with Crippen molar-refractivity contribution in [1.29, 1.82) is 0 Å². The van der Waals surface area contributed by atoms with Crippen molar-refractivity contribution in [3.05, 3.63) is 23.1 Å². The Kier molecular flexibility index (Phi) is 4.31. The molecule has 0 spiro atoms. The average molecular weight is 279 g/mol. The van der Waals surface area contributed by atoms with Crippen LogP contribution in [0.3, 0.4) is 0 Å². The van der Waals surface area contributed by atoms with Crippen molar-refractivity contribution in [3.8, 4) is 10.7 Å². The Morgan fingerprint density at radius 2 is 2.26 bits per heavy atom. The van der Waals surface area contributed by atoms with E-state index in [2.05, 4.69) is 16.9 Å². The predicted molar refractivity (Wildman–Crippen MR) is 74.3 cm³/mol. The molecule has 0 N–H and O–H groups in total. The van der Waals surface area contributed by atoms with Crippen molar-refractivity contribution in [2.75, 3.05) is 6.61 Å². The molecule has 2 aromatic rings. The lowest BCUT2D eigenvalue weighted by molar-refractivity contribution is 0.0519. The van der Waals surface area contributed by atoms with Gasteiger partial charge >= 0.3 is 5.97 Å². The molecule has 102 valence electrons. The number of ether oxygens (including phenoxy) is 1. The normalized spacial score (nSPS) is 10.7. The van der Waals surface area contributed by atoms with Gasteiger partial charge in [0.1, 0.15) is 5.01 Å². The van der Waals surface area contributed by atoms with E-state index in [-0.39, 0.29) is 5.97 Å². The standard InChI is InChI=1S/C13H17N3O2S/c1-4-6-16-8-14-7-10(16)12-15-11(9(3)19-12)13(17)18-5-2/h7-8H,4-6H2,1-3H3. The van der Waals surface area contributed by atoms with Crippen molar-refractivity contribution in [2.45, 2.75) is 33.7 Å². The summed E-state index contributed by atoms with van der Waals surface area (Å²) in [6.07, 6.45) is 4.60. The highest BCUT2D eigenvalue weighted by atomic mass is 32.1. The summed E-state index contributed by atoms with van der Waals surface area (Å²) in [6.45, 7) is 7.04. The first-order valence-corrected chi connectivity index (χ1v) is 7.14. The van der Waals surface area contributed by atoms with Gasteiger partial charge in [-0.1, -0.05) is 6.92 Å². The number of thiazole rings is 1. The number of carbonyl (C=O) groups is 1. The molecule has 0 radical (unpaired) electrons. The summed E-state index contributed by atoms with van der Waals surface area (Å²) in [5, 5.41) is 0.812. The maximum absolute atomic E-state index is 11.8. The zero-order valence-corrected chi connectivity index (χ0v) is 12.2. The van der Waals surface area contributed by atoms with Gasteiger partial charge in [0.15, 0.2) is 5.69 Å². The van der Waals surface area contributed by atoms with Crippen molar-refractivity contribution in [2.24, 2.45) is 0 Å². The Balaban J connectivity index is 2.33. The van der Waals surface area contributed by atoms with Gasteiger partial charge in [-0.3, -0.25) is 0 Å². The quantitative estimate of drug-likeness (QED) is 0.790. The van der Waals surface area contributed by atoms with E-state index in [0.29, 0.717) is 12.3 Å². The molecule has 2 rings (SSSR count). The summed E-state index contributed by atoms with van der Waals surface area (Å²) < 4.78 is 7.05. The monoisotopic (exact) mass is 279 g/mol. The fourth-order valence-corrected chi connectivity index (χ4v) is 2.74. The van der Waals surface area contributed by atoms with E-state index in [0.717, 1.165) is 28.5 Å². The minimum absolute atomic E-state index is 0.357. The van der Waals surface area contributed by atoms with Gasteiger partial charge in [0, 0.05) is 11.4 Å². The molecule has 0 aliphatic carbocycles. The first-order valence-electron chi connectivity index (χ1n) is 6.32. The average Bonchev–Trinajstić information content (AvgIpc) is 2.96. The van der Waals surface area contributed by atoms with Gasteiger partial charge in [-0.2, -0.15) is 0 Å². The van der Waals surface area contributed by atoms with Gasteiger partial charge in [0.2, 0.25) is 0 Å². The van der Waals surface area contributed by atoms with E-state index in [1.807, 2.05) is 11.5 Å². The van der Waals surface area contributed by atoms with E-state index in [9.17, 15) is 4.79 Å². The Morgan fingerprint density at radius 1 is 1.47 bits per heavy atom. The third-order valence-electron chi connectivity index (χ3n) is 2.66. The van der Waals surface area contributed by atoms with Crippen LogP contribution < -0.4 is 0 Å². The second-order valence-corrected chi connectivity index (χ2v) is 5.32. The Bertz CT molecular complexity index is 574. The molecule has 5 nitrogen and oxygen atoms in total. The van der Waals surface area contributed by atoms with Crippen LogP contribution in [0.25, 0.3) is 10.7 Å². The van der Waals surface area contributed by atoms with Crippen LogP contribution in [-0.4, -0.2) is 27.1 Å². The highest BCUT2D eigenvalue weighted by molar-refractivity contribution is 7.15. The largest absolute Gasteiger partial charge is 0.461 e. The van der Waals surface area contributed by atoms with Gasteiger partial charge in [-0.25, -0.2) is 14.8 Å². The van der Waals surface area contributed by atoms with E-state index in [1.165, 1.54) is 11.3 Å². The van der Waals surface area contributed by atoms with Crippen LogP contribution in [0.15, 0.2) is 12.5 Å². The molecule has 0 unspecified atom stereocenters. The number of rotatable bonds is 5. The lowest BCUT2D eigenvalue weighted by Crippen LogP contribution is -2.06. The Hall–Kier alpha value is -1.69. The van der Waals surface area contributed by atoms with Crippen LogP contribution in [0, 0.1) is 6.92 Å². The number of nitrogens with zero attached hydrogens (tertiary/aromatic N) is 3. The SMILES string of the molecule is CCCn1cncc1-c1nc(C(=O)OCC)c(C)s1. The maximum Gasteiger partial charge on any atom is 0.358 e. The van der Waals surface area contributed by atoms with Gasteiger partial charge in [0.25, 0.3) is 0 Å². The lowest BCUT2D eigenvalue weighted by atomic mass is 10.4. The molecule has 0 aliphatic heterocycles. The summed E-state index contributed by atoms with van der Waals surface area (Å²) in [6, 6.07) is 0. The minimum Gasteiger partial charge on any atom is -0.461 e. The van der Waals surface area contributed by atoms with Crippen LogP contribution in [-0.2, 0) is 11.3 Å². The molecule has 0 aliphatic rings. The fourth-order valence-electron chi connectivity index (χ4n) is 1.81. The summed E-state index contributed by atoms with van der Waals surface area (Å²) in [5.41, 5.74) is 1.36. The van der Waals surface area contributed by atoms with Gasteiger partial charge in [0.05, 0.1) is 24.8 Å². The summed E-state index contributed by atoms with van der Waals surface area (Å²) in [7, 11) is 0. The maximum atomic E-state index is 11.8. The van der Waals surface area contributed by atoms with Crippen molar-refractivity contribution < 1.29 is 9.53 Å². The van der Waals surface area contributed by atoms with Crippen LogP contribution in [0.1, 0.15) is 35.6 Å². The summed E-state index contributed by atoms with van der Waals surface area (Å²) >= 11 is 1.49. The molecular weight excluding hydrogens is 262 g/mol. The minimum atomic E-state index is -0.357.